The summed E-state index contributed by atoms with van der Waals surface area (Å²) in [7, 11) is 1.86. The standard InChI is InChI=1S/C19H29FN4O.HI/c1-5-21-19(23(4)13-18(25)24(6-2)7-3)22-17-12-15(17)14-10-8-9-11-16(14)20;/h8-11,15,17H,5-7,12-13H2,1-4H3,(H,21,22);1H. The molecule has 146 valence electrons. The molecule has 1 aliphatic carbocycles. The Bertz CT molecular complexity index is 621. The van der Waals surface area contributed by atoms with Crippen LogP contribution in [0.15, 0.2) is 29.3 Å². The molecule has 0 bridgehead atoms. The van der Waals surface area contributed by atoms with E-state index < -0.39 is 0 Å². The molecule has 1 aromatic rings. The zero-order chi connectivity index (χ0) is 18.4. The van der Waals surface area contributed by atoms with E-state index in [-0.39, 0.29) is 54.2 Å². The van der Waals surface area contributed by atoms with E-state index in [2.05, 4.69) is 10.3 Å². The molecule has 1 fully saturated rings. The molecule has 1 N–H and O–H groups in total. The molecule has 2 unspecified atom stereocenters. The van der Waals surface area contributed by atoms with E-state index in [9.17, 15) is 9.18 Å². The number of nitrogens with zero attached hydrogens (tertiary/aromatic N) is 3. The molecular weight excluding hydrogens is 446 g/mol. The van der Waals surface area contributed by atoms with Crippen LogP contribution in [0.3, 0.4) is 0 Å². The van der Waals surface area contributed by atoms with Gasteiger partial charge in [-0.3, -0.25) is 9.79 Å². The molecule has 0 aliphatic heterocycles. The minimum atomic E-state index is -0.157. The van der Waals surface area contributed by atoms with Crippen molar-refractivity contribution in [3.05, 3.63) is 35.6 Å². The van der Waals surface area contributed by atoms with Gasteiger partial charge in [0.1, 0.15) is 5.82 Å². The third-order valence-corrected chi connectivity index (χ3v) is 4.57. The Hall–Kier alpha value is -1.38. The fourth-order valence-corrected chi connectivity index (χ4v) is 3.02. The van der Waals surface area contributed by atoms with E-state index in [0.29, 0.717) is 25.6 Å². The lowest BCUT2D eigenvalue weighted by Gasteiger charge is -2.26. The van der Waals surface area contributed by atoms with Crippen molar-refractivity contribution < 1.29 is 9.18 Å². The Labute approximate surface area is 173 Å². The van der Waals surface area contributed by atoms with Crippen LogP contribution in [-0.4, -0.2) is 60.9 Å². The van der Waals surface area contributed by atoms with Gasteiger partial charge in [-0.05, 0) is 38.8 Å². The highest BCUT2D eigenvalue weighted by molar-refractivity contribution is 14.0. The summed E-state index contributed by atoms with van der Waals surface area (Å²) in [5, 5.41) is 3.39. The number of hydrogen-bond acceptors (Lipinski definition) is 2. The predicted octanol–water partition coefficient (Wildman–Crippen LogP) is 3.07. The van der Waals surface area contributed by atoms with Gasteiger partial charge in [-0.25, -0.2) is 4.39 Å². The zero-order valence-electron chi connectivity index (χ0n) is 16.0. The number of halogens is 2. The maximum absolute atomic E-state index is 13.9. The lowest BCUT2D eigenvalue weighted by atomic mass is 10.1. The molecule has 0 spiro atoms. The fraction of sp³-hybridized carbons (Fsp3) is 0.579. The number of amides is 1. The van der Waals surface area contributed by atoms with Gasteiger partial charge in [0.25, 0.3) is 0 Å². The van der Waals surface area contributed by atoms with E-state index in [4.69, 9.17) is 0 Å². The maximum atomic E-state index is 13.9. The number of carbonyl (C=O) groups is 1. The van der Waals surface area contributed by atoms with Gasteiger partial charge in [0, 0.05) is 38.6 Å². The monoisotopic (exact) mass is 476 g/mol. The SMILES string of the molecule is CCN=C(NC1CC1c1ccccc1F)N(C)CC(=O)N(CC)CC.I. The molecule has 1 amide bonds. The lowest BCUT2D eigenvalue weighted by Crippen LogP contribution is -2.46. The van der Waals surface area contributed by atoms with E-state index >= 15 is 0 Å². The average Bonchev–Trinajstić information content (AvgIpc) is 3.35. The molecule has 2 rings (SSSR count). The van der Waals surface area contributed by atoms with Gasteiger partial charge in [-0.15, -0.1) is 24.0 Å². The molecule has 1 aliphatic rings. The van der Waals surface area contributed by atoms with Crippen molar-refractivity contribution in [3.63, 3.8) is 0 Å². The topological polar surface area (TPSA) is 47.9 Å². The summed E-state index contributed by atoms with van der Waals surface area (Å²) >= 11 is 0. The Morgan fingerprint density at radius 1 is 1.27 bits per heavy atom. The van der Waals surface area contributed by atoms with Gasteiger partial charge < -0.3 is 15.1 Å². The normalized spacial score (nSPS) is 18.7. The molecule has 0 heterocycles. The first-order chi connectivity index (χ1) is 12.0. The summed E-state index contributed by atoms with van der Waals surface area (Å²) in [6, 6.07) is 7.07. The molecule has 1 saturated carbocycles. The minimum Gasteiger partial charge on any atom is -0.353 e. The highest BCUT2D eigenvalue weighted by Crippen LogP contribution is 2.41. The second kappa shape index (κ2) is 10.7. The highest BCUT2D eigenvalue weighted by Gasteiger charge is 2.41. The number of rotatable bonds is 7. The van der Waals surface area contributed by atoms with Crippen molar-refractivity contribution in [3.8, 4) is 0 Å². The van der Waals surface area contributed by atoms with Crippen LogP contribution < -0.4 is 5.32 Å². The van der Waals surface area contributed by atoms with Crippen molar-refractivity contribution in [1.29, 1.82) is 0 Å². The van der Waals surface area contributed by atoms with Crippen molar-refractivity contribution in [2.75, 3.05) is 33.2 Å². The van der Waals surface area contributed by atoms with Crippen molar-refractivity contribution in [2.45, 2.75) is 39.2 Å². The molecule has 0 radical (unpaired) electrons. The van der Waals surface area contributed by atoms with Gasteiger partial charge in [-0.1, -0.05) is 18.2 Å². The van der Waals surface area contributed by atoms with Crippen LogP contribution in [0.4, 0.5) is 4.39 Å². The van der Waals surface area contributed by atoms with Crippen LogP contribution in [0.1, 0.15) is 38.7 Å². The third kappa shape index (κ3) is 5.82. The molecule has 1 aromatic carbocycles. The number of guanidine groups is 1. The number of benzene rings is 1. The zero-order valence-corrected chi connectivity index (χ0v) is 18.4. The summed E-state index contributed by atoms with van der Waals surface area (Å²) in [4.78, 5) is 20.4. The summed E-state index contributed by atoms with van der Waals surface area (Å²) in [5.74, 6) is 0.789. The first-order valence-electron chi connectivity index (χ1n) is 9.06. The van der Waals surface area contributed by atoms with Crippen molar-refractivity contribution in [2.24, 2.45) is 4.99 Å². The lowest BCUT2D eigenvalue weighted by molar-refractivity contribution is -0.131. The minimum absolute atomic E-state index is 0. The largest absolute Gasteiger partial charge is 0.353 e. The van der Waals surface area contributed by atoms with Crippen LogP contribution in [0.5, 0.6) is 0 Å². The van der Waals surface area contributed by atoms with Gasteiger partial charge in [0.05, 0.1) is 6.54 Å². The number of nitrogens with one attached hydrogen (secondary N) is 1. The molecule has 5 nitrogen and oxygen atoms in total. The van der Waals surface area contributed by atoms with Crippen LogP contribution in [-0.2, 0) is 4.79 Å². The second-order valence-electron chi connectivity index (χ2n) is 6.33. The Kier molecular flexibility index (Phi) is 9.32. The Morgan fingerprint density at radius 3 is 2.50 bits per heavy atom. The Balaban J connectivity index is 0.00000338. The van der Waals surface area contributed by atoms with Crippen molar-refractivity contribution in [1.82, 2.24) is 15.1 Å². The average molecular weight is 476 g/mol. The van der Waals surface area contributed by atoms with Gasteiger partial charge >= 0.3 is 0 Å². The third-order valence-electron chi connectivity index (χ3n) is 4.57. The van der Waals surface area contributed by atoms with Crippen LogP contribution >= 0.6 is 24.0 Å². The summed E-state index contributed by atoms with van der Waals surface area (Å²) < 4.78 is 13.9. The molecule has 7 heteroatoms. The van der Waals surface area contributed by atoms with E-state index in [1.807, 2.05) is 44.9 Å². The van der Waals surface area contributed by atoms with Crippen LogP contribution in [0.25, 0.3) is 0 Å². The smallest absolute Gasteiger partial charge is 0.242 e. The summed E-state index contributed by atoms with van der Waals surface area (Å²) in [5.41, 5.74) is 0.748. The molecule has 0 aromatic heterocycles. The van der Waals surface area contributed by atoms with E-state index in [1.165, 1.54) is 6.07 Å². The quantitative estimate of drug-likeness (QED) is 0.374. The van der Waals surface area contributed by atoms with E-state index in [1.54, 1.807) is 11.0 Å². The van der Waals surface area contributed by atoms with Crippen LogP contribution in [0.2, 0.25) is 0 Å². The molecule has 0 saturated heterocycles. The first-order valence-corrected chi connectivity index (χ1v) is 9.06. The summed E-state index contributed by atoms with van der Waals surface area (Å²) in [6.07, 6.45) is 0.876. The first kappa shape index (κ1) is 22.7. The molecular formula is C19H30FIN4O. The van der Waals surface area contributed by atoms with E-state index in [0.717, 1.165) is 12.0 Å². The number of hydrogen-bond donors (Lipinski definition) is 1. The number of likely N-dealkylation sites (N-methyl/N-ethyl adjacent to an activating group) is 2. The number of aliphatic imine (C=N–C) groups is 1. The Morgan fingerprint density at radius 2 is 1.92 bits per heavy atom. The second-order valence-corrected chi connectivity index (χ2v) is 6.33. The maximum Gasteiger partial charge on any atom is 0.242 e. The highest BCUT2D eigenvalue weighted by atomic mass is 127. The van der Waals surface area contributed by atoms with Gasteiger partial charge in [0.2, 0.25) is 5.91 Å². The van der Waals surface area contributed by atoms with Gasteiger partial charge in [-0.2, -0.15) is 0 Å². The molecule has 26 heavy (non-hydrogen) atoms. The van der Waals surface area contributed by atoms with Crippen molar-refractivity contribution >= 4 is 35.8 Å². The van der Waals surface area contributed by atoms with Crippen LogP contribution in [0, 0.1) is 5.82 Å². The molecule has 2 atom stereocenters. The summed E-state index contributed by atoms with van der Waals surface area (Å²) in [6.45, 7) is 8.23. The fourth-order valence-electron chi connectivity index (χ4n) is 3.02. The van der Waals surface area contributed by atoms with Gasteiger partial charge in [0.15, 0.2) is 5.96 Å². The predicted molar refractivity (Wildman–Crippen MR) is 115 cm³/mol. The number of carbonyl (C=O) groups excluding carboxylic acids is 1.